The van der Waals surface area contributed by atoms with E-state index in [9.17, 15) is 0 Å². The Morgan fingerprint density at radius 1 is 1.10 bits per heavy atom. The molecule has 3 aromatic rings. The van der Waals surface area contributed by atoms with Crippen molar-refractivity contribution in [1.29, 1.82) is 0 Å². The lowest BCUT2D eigenvalue weighted by Crippen LogP contribution is -2.22. The Balaban J connectivity index is 2.07. The van der Waals surface area contributed by atoms with Crippen molar-refractivity contribution in [2.45, 2.75) is 6.42 Å². The van der Waals surface area contributed by atoms with Crippen LogP contribution in [0.15, 0.2) is 55.0 Å². The molecule has 2 heterocycles. The van der Waals surface area contributed by atoms with Gasteiger partial charge in [0.2, 0.25) is 0 Å². The predicted octanol–water partition coefficient (Wildman–Crippen LogP) is 2.22. The molecule has 102 valence electrons. The molecular weight excluding hydrogens is 250 g/mol. The minimum Gasteiger partial charge on any atom is -0.330 e. The molecule has 2 N–H and O–H groups in total. The van der Waals surface area contributed by atoms with Crippen LogP contribution in [0, 0.1) is 0 Å². The second-order valence-electron chi connectivity index (χ2n) is 4.54. The minimum atomic E-state index is 0.658. The Morgan fingerprint density at radius 3 is 2.75 bits per heavy atom. The lowest BCUT2D eigenvalue weighted by molar-refractivity contribution is 0.807. The van der Waals surface area contributed by atoms with Gasteiger partial charge in [0, 0.05) is 24.6 Å². The topological polar surface area (TPSA) is 59.5 Å². The average Bonchev–Trinajstić information content (AvgIpc) is 2.98. The van der Waals surface area contributed by atoms with Crippen molar-refractivity contribution in [1.82, 2.24) is 14.6 Å². The van der Waals surface area contributed by atoms with Crippen molar-refractivity contribution in [2.75, 3.05) is 18.0 Å². The first kappa shape index (κ1) is 12.6. The average molecular weight is 267 g/mol. The van der Waals surface area contributed by atoms with Crippen molar-refractivity contribution < 1.29 is 0 Å². The monoisotopic (exact) mass is 267 g/mol. The van der Waals surface area contributed by atoms with Gasteiger partial charge in [-0.05, 0) is 31.2 Å². The van der Waals surface area contributed by atoms with Crippen LogP contribution in [0.1, 0.15) is 6.42 Å². The summed E-state index contributed by atoms with van der Waals surface area (Å²) in [7, 11) is 0. The molecule has 0 atom stereocenters. The quantitative estimate of drug-likeness (QED) is 0.770. The van der Waals surface area contributed by atoms with E-state index in [2.05, 4.69) is 27.1 Å². The smallest absolute Gasteiger partial charge is 0.159 e. The summed E-state index contributed by atoms with van der Waals surface area (Å²) < 4.78 is 1.83. The number of benzene rings is 1. The predicted molar refractivity (Wildman–Crippen MR) is 80.1 cm³/mol. The zero-order valence-corrected chi connectivity index (χ0v) is 11.2. The van der Waals surface area contributed by atoms with E-state index in [0.717, 1.165) is 30.0 Å². The van der Waals surface area contributed by atoms with Crippen molar-refractivity contribution >= 4 is 17.0 Å². The van der Waals surface area contributed by atoms with Gasteiger partial charge in [-0.15, -0.1) is 0 Å². The van der Waals surface area contributed by atoms with E-state index in [1.807, 2.05) is 35.0 Å². The highest BCUT2D eigenvalue weighted by Crippen LogP contribution is 2.26. The maximum Gasteiger partial charge on any atom is 0.159 e. The number of nitrogens with zero attached hydrogens (tertiary/aromatic N) is 4. The summed E-state index contributed by atoms with van der Waals surface area (Å²) in [6.45, 7) is 1.49. The van der Waals surface area contributed by atoms with Crippen LogP contribution in [0.2, 0.25) is 0 Å². The number of nitrogens with two attached hydrogens (primary N) is 1. The van der Waals surface area contributed by atoms with Gasteiger partial charge in [0.25, 0.3) is 0 Å². The normalized spacial score (nSPS) is 10.8. The molecule has 0 amide bonds. The summed E-state index contributed by atoms with van der Waals surface area (Å²) in [5.74, 6) is 0.907. The SMILES string of the molecule is NCCCN(c1ccccc1)c1nccn2nccc12. The van der Waals surface area contributed by atoms with Gasteiger partial charge in [-0.1, -0.05) is 18.2 Å². The molecule has 0 fully saturated rings. The van der Waals surface area contributed by atoms with Gasteiger partial charge in [-0.2, -0.15) is 5.10 Å². The van der Waals surface area contributed by atoms with Gasteiger partial charge < -0.3 is 10.6 Å². The van der Waals surface area contributed by atoms with Crippen LogP contribution < -0.4 is 10.6 Å². The Bertz CT molecular complexity index is 677. The highest BCUT2D eigenvalue weighted by molar-refractivity contribution is 5.74. The molecule has 5 heteroatoms. The van der Waals surface area contributed by atoms with Gasteiger partial charge in [-0.3, -0.25) is 0 Å². The fourth-order valence-corrected chi connectivity index (χ4v) is 2.27. The minimum absolute atomic E-state index is 0.658. The molecule has 0 aliphatic heterocycles. The van der Waals surface area contributed by atoms with E-state index in [1.54, 1.807) is 12.4 Å². The zero-order chi connectivity index (χ0) is 13.8. The van der Waals surface area contributed by atoms with Crippen molar-refractivity contribution in [2.24, 2.45) is 5.73 Å². The summed E-state index contributed by atoms with van der Waals surface area (Å²) in [5, 5.41) is 4.26. The lowest BCUT2D eigenvalue weighted by atomic mass is 10.2. The van der Waals surface area contributed by atoms with Crippen LogP contribution in [-0.4, -0.2) is 27.7 Å². The van der Waals surface area contributed by atoms with Crippen LogP contribution >= 0.6 is 0 Å². The van der Waals surface area contributed by atoms with Crippen LogP contribution in [0.25, 0.3) is 5.52 Å². The Kier molecular flexibility index (Phi) is 3.60. The largest absolute Gasteiger partial charge is 0.330 e. The first-order valence-corrected chi connectivity index (χ1v) is 6.71. The number of hydrogen-bond donors (Lipinski definition) is 1. The fourth-order valence-electron chi connectivity index (χ4n) is 2.27. The number of rotatable bonds is 5. The van der Waals surface area contributed by atoms with E-state index in [1.165, 1.54) is 0 Å². The van der Waals surface area contributed by atoms with Crippen molar-refractivity contribution in [3.8, 4) is 0 Å². The maximum absolute atomic E-state index is 5.66. The fraction of sp³-hybridized carbons (Fsp3) is 0.200. The van der Waals surface area contributed by atoms with Gasteiger partial charge in [0.15, 0.2) is 5.82 Å². The molecule has 0 saturated heterocycles. The molecule has 0 bridgehead atoms. The van der Waals surface area contributed by atoms with E-state index in [-0.39, 0.29) is 0 Å². The lowest BCUT2D eigenvalue weighted by Gasteiger charge is -2.24. The van der Waals surface area contributed by atoms with Gasteiger partial charge in [0.05, 0.1) is 6.20 Å². The highest BCUT2D eigenvalue weighted by atomic mass is 15.3. The third-order valence-corrected chi connectivity index (χ3v) is 3.21. The molecule has 0 radical (unpaired) electrons. The number of para-hydroxylation sites is 1. The van der Waals surface area contributed by atoms with Crippen molar-refractivity contribution in [3.63, 3.8) is 0 Å². The van der Waals surface area contributed by atoms with Gasteiger partial charge in [0.1, 0.15) is 5.52 Å². The standard InChI is InChI=1S/C15H17N5/c16-8-4-11-19(13-5-2-1-3-6-13)15-14-7-9-18-20(14)12-10-17-15/h1-3,5-7,9-10,12H,4,8,11,16H2. The Hall–Kier alpha value is -2.40. The summed E-state index contributed by atoms with van der Waals surface area (Å²) in [6.07, 6.45) is 6.32. The first-order chi connectivity index (χ1) is 9.90. The molecule has 20 heavy (non-hydrogen) atoms. The number of aromatic nitrogens is 3. The summed E-state index contributed by atoms with van der Waals surface area (Å²) in [6, 6.07) is 12.2. The molecule has 0 aliphatic rings. The zero-order valence-electron chi connectivity index (χ0n) is 11.2. The molecule has 2 aromatic heterocycles. The number of anilines is 2. The third-order valence-electron chi connectivity index (χ3n) is 3.21. The molecule has 0 saturated carbocycles. The third kappa shape index (κ3) is 2.35. The molecular formula is C15H17N5. The van der Waals surface area contributed by atoms with Gasteiger partial charge in [-0.25, -0.2) is 9.50 Å². The van der Waals surface area contributed by atoms with Gasteiger partial charge >= 0.3 is 0 Å². The van der Waals surface area contributed by atoms with E-state index >= 15 is 0 Å². The van der Waals surface area contributed by atoms with Crippen LogP contribution in [0.4, 0.5) is 11.5 Å². The molecule has 0 aliphatic carbocycles. The Morgan fingerprint density at radius 2 is 1.95 bits per heavy atom. The molecule has 3 rings (SSSR count). The number of hydrogen-bond acceptors (Lipinski definition) is 4. The second-order valence-corrected chi connectivity index (χ2v) is 4.54. The van der Waals surface area contributed by atoms with E-state index < -0.39 is 0 Å². The van der Waals surface area contributed by atoms with E-state index in [0.29, 0.717) is 6.54 Å². The molecule has 0 spiro atoms. The molecule has 5 nitrogen and oxygen atoms in total. The highest BCUT2D eigenvalue weighted by Gasteiger charge is 2.13. The Labute approximate surface area is 117 Å². The summed E-state index contributed by atoms with van der Waals surface area (Å²) >= 11 is 0. The number of fused-ring (bicyclic) bond motifs is 1. The van der Waals surface area contributed by atoms with Crippen LogP contribution in [0.3, 0.4) is 0 Å². The molecule has 0 unspecified atom stereocenters. The maximum atomic E-state index is 5.66. The summed E-state index contributed by atoms with van der Waals surface area (Å²) in [5.41, 5.74) is 7.77. The first-order valence-electron chi connectivity index (χ1n) is 6.71. The molecule has 1 aromatic carbocycles. The second kappa shape index (κ2) is 5.71. The van der Waals surface area contributed by atoms with Crippen molar-refractivity contribution in [3.05, 3.63) is 55.0 Å². The van der Waals surface area contributed by atoms with Crippen LogP contribution in [-0.2, 0) is 0 Å². The van der Waals surface area contributed by atoms with Crippen LogP contribution in [0.5, 0.6) is 0 Å². The van der Waals surface area contributed by atoms with E-state index in [4.69, 9.17) is 5.73 Å². The summed E-state index contributed by atoms with van der Waals surface area (Å²) in [4.78, 5) is 6.72.